The van der Waals surface area contributed by atoms with Crippen LogP contribution in [0.4, 0.5) is 5.69 Å². The molecule has 164 valence electrons. The quantitative estimate of drug-likeness (QED) is 0.709. The Balaban J connectivity index is 1.93. The molecule has 1 fully saturated rings. The number of anilines is 1. The van der Waals surface area contributed by atoms with E-state index >= 15 is 0 Å². The minimum absolute atomic E-state index is 0.107. The van der Waals surface area contributed by atoms with Crippen LogP contribution in [0.2, 0.25) is 0 Å². The van der Waals surface area contributed by atoms with Crippen molar-refractivity contribution in [1.29, 1.82) is 0 Å². The topological polar surface area (TPSA) is 76.1 Å². The number of carbonyl (C=O) groups excluding carboxylic acids is 1. The molecule has 0 aliphatic carbocycles. The van der Waals surface area contributed by atoms with Crippen LogP contribution in [0.15, 0.2) is 47.4 Å². The van der Waals surface area contributed by atoms with E-state index in [0.717, 1.165) is 18.4 Å². The number of ether oxygens (including phenoxy) is 2. The molecule has 2 aromatic carbocycles. The Morgan fingerprint density at radius 1 is 1.00 bits per heavy atom. The highest BCUT2D eigenvalue weighted by atomic mass is 32.2. The SMILES string of the molecule is COc1cc2c(cc1OC)N(Cc1ccccc1)S(=O)(=O)C(C(=O)N1CCCC1)=C2C. The third-order valence-corrected chi connectivity index (χ3v) is 7.72. The predicted octanol–water partition coefficient (Wildman–Crippen LogP) is 3.41. The van der Waals surface area contributed by atoms with E-state index in [4.69, 9.17) is 9.47 Å². The lowest BCUT2D eigenvalue weighted by Crippen LogP contribution is -2.41. The number of fused-ring (bicyclic) bond motifs is 1. The average Bonchev–Trinajstić information content (AvgIpc) is 3.31. The van der Waals surface area contributed by atoms with Crippen LogP contribution in [0.5, 0.6) is 11.5 Å². The second kappa shape index (κ2) is 8.26. The van der Waals surface area contributed by atoms with Gasteiger partial charge in [-0.3, -0.25) is 9.10 Å². The fourth-order valence-corrected chi connectivity index (χ4v) is 5.98. The molecule has 0 radical (unpaired) electrons. The molecule has 8 heteroatoms. The van der Waals surface area contributed by atoms with Crippen LogP contribution >= 0.6 is 0 Å². The van der Waals surface area contributed by atoms with Crippen molar-refractivity contribution in [2.75, 3.05) is 31.6 Å². The predicted molar refractivity (Wildman–Crippen MR) is 119 cm³/mol. The van der Waals surface area contributed by atoms with Crippen LogP contribution in [0.3, 0.4) is 0 Å². The molecule has 0 unspecified atom stereocenters. The Bertz CT molecular complexity index is 1140. The number of sulfonamides is 1. The fourth-order valence-electron chi connectivity index (χ4n) is 4.18. The van der Waals surface area contributed by atoms with E-state index in [-0.39, 0.29) is 11.4 Å². The summed E-state index contributed by atoms with van der Waals surface area (Å²) in [6, 6.07) is 12.7. The molecule has 1 amide bonds. The maximum Gasteiger partial charge on any atom is 0.270 e. The van der Waals surface area contributed by atoms with Crippen molar-refractivity contribution in [3.63, 3.8) is 0 Å². The van der Waals surface area contributed by atoms with Gasteiger partial charge in [0.1, 0.15) is 0 Å². The highest BCUT2D eigenvalue weighted by molar-refractivity contribution is 7.97. The minimum Gasteiger partial charge on any atom is -0.493 e. The van der Waals surface area contributed by atoms with Crippen LogP contribution in [0, 0.1) is 0 Å². The summed E-state index contributed by atoms with van der Waals surface area (Å²) in [5.41, 5.74) is 2.36. The number of benzene rings is 2. The van der Waals surface area contributed by atoms with E-state index in [2.05, 4.69) is 0 Å². The van der Waals surface area contributed by atoms with Gasteiger partial charge in [-0.25, -0.2) is 8.42 Å². The van der Waals surface area contributed by atoms with Crippen LogP contribution in [0.25, 0.3) is 5.57 Å². The van der Waals surface area contributed by atoms with Gasteiger partial charge in [0.2, 0.25) is 0 Å². The summed E-state index contributed by atoms with van der Waals surface area (Å²) in [6.07, 6.45) is 1.76. The molecular formula is C23H26N2O5S. The second-order valence-electron chi connectivity index (χ2n) is 7.68. The third kappa shape index (κ3) is 3.65. The summed E-state index contributed by atoms with van der Waals surface area (Å²) in [6.45, 7) is 2.94. The fraction of sp³-hybridized carbons (Fsp3) is 0.348. The van der Waals surface area contributed by atoms with Gasteiger partial charge in [0, 0.05) is 24.7 Å². The first-order valence-electron chi connectivity index (χ1n) is 10.2. The molecule has 0 saturated carbocycles. The zero-order valence-corrected chi connectivity index (χ0v) is 18.7. The Morgan fingerprint density at radius 2 is 1.61 bits per heavy atom. The van der Waals surface area contributed by atoms with Gasteiger partial charge in [-0.1, -0.05) is 30.3 Å². The zero-order valence-electron chi connectivity index (χ0n) is 17.9. The minimum atomic E-state index is -4.08. The molecule has 1 saturated heterocycles. The first-order chi connectivity index (χ1) is 14.9. The first-order valence-corrected chi connectivity index (χ1v) is 11.7. The van der Waals surface area contributed by atoms with Crippen molar-refractivity contribution in [2.45, 2.75) is 26.3 Å². The molecule has 0 bridgehead atoms. The highest BCUT2D eigenvalue weighted by Crippen LogP contribution is 2.46. The number of carbonyl (C=O) groups is 1. The van der Waals surface area contributed by atoms with Crippen LogP contribution in [-0.2, 0) is 21.4 Å². The molecule has 0 spiro atoms. The van der Waals surface area contributed by atoms with Crippen molar-refractivity contribution >= 4 is 27.2 Å². The maximum atomic E-state index is 13.8. The van der Waals surface area contributed by atoms with Gasteiger partial charge in [-0.15, -0.1) is 0 Å². The number of likely N-dealkylation sites (tertiary alicyclic amines) is 1. The molecule has 2 aliphatic rings. The number of allylic oxidation sites excluding steroid dienone is 1. The summed E-state index contributed by atoms with van der Waals surface area (Å²) in [5, 5.41) is 0. The number of hydrogen-bond acceptors (Lipinski definition) is 5. The van der Waals surface area contributed by atoms with Crippen molar-refractivity contribution in [2.24, 2.45) is 0 Å². The molecule has 0 atom stereocenters. The summed E-state index contributed by atoms with van der Waals surface area (Å²) in [7, 11) is -1.04. The van der Waals surface area contributed by atoms with Crippen molar-refractivity contribution in [1.82, 2.24) is 4.90 Å². The summed E-state index contributed by atoms with van der Waals surface area (Å²) in [4.78, 5) is 14.8. The Morgan fingerprint density at radius 3 is 2.23 bits per heavy atom. The van der Waals surface area contributed by atoms with Gasteiger partial charge in [-0.05, 0) is 37.0 Å². The lowest BCUT2D eigenvalue weighted by molar-refractivity contribution is -0.125. The summed E-state index contributed by atoms with van der Waals surface area (Å²) < 4.78 is 39.7. The molecule has 2 aliphatic heterocycles. The van der Waals surface area contributed by atoms with Crippen LogP contribution in [0.1, 0.15) is 30.9 Å². The van der Waals surface area contributed by atoms with Crippen molar-refractivity contribution < 1.29 is 22.7 Å². The number of amides is 1. The van der Waals surface area contributed by atoms with Gasteiger partial charge in [0.15, 0.2) is 16.4 Å². The Hall–Kier alpha value is -3.00. The van der Waals surface area contributed by atoms with Crippen LogP contribution < -0.4 is 13.8 Å². The van der Waals surface area contributed by atoms with E-state index in [1.54, 1.807) is 24.0 Å². The monoisotopic (exact) mass is 442 g/mol. The first kappa shape index (κ1) is 21.2. The van der Waals surface area contributed by atoms with Gasteiger partial charge < -0.3 is 14.4 Å². The Kier molecular flexibility index (Phi) is 5.66. The zero-order chi connectivity index (χ0) is 22.2. The van der Waals surface area contributed by atoms with E-state index in [1.165, 1.54) is 18.5 Å². The van der Waals surface area contributed by atoms with Crippen molar-refractivity contribution in [3.05, 3.63) is 58.5 Å². The van der Waals surface area contributed by atoms with Gasteiger partial charge >= 0.3 is 0 Å². The number of methoxy groups -OCH3 is 2. The number of rotatable bonds is 5. The highest BCUT2D eigenvalue weighted by Gasteiger charge is 2.42. The van der Waals surface area contributed by atoms with Gasteiger partial charge in [-0.2, -0.15) is 0 Å². The molecule has 2 heterocycles. The maximum absolute atomic E-state index is 13.8. The van der Waals surface area contributed by atoms with Gasteiger partial charge in [0.05, 0.1) is 26.5 Å². The molecule has 4 rings (SSSR count). The second-order valence-corrected chi connectivity index (χ2v) is 9.47. The smallest absolute Gasteiger partial charge is 0.270 e. The molecule has 7 nitrogen and oxygen atoms in total. The molecular weight excluding hydrogens is 416 g/mol. The van der Waals surface area contributed by atoms with E-state index in [1.807, 2.05) is 30.3 Å². The van der Waals surface area contributed by atoms with E-state index < -0.39 is 15.9 Å². The lowest BCUT2D eigenvalue weighted by Gasteiger charge is -2.34. The Labute approximate surface area is 182 Å². The number of hydrogen-bond donors (Lipinski definition) is 0. The van der Waals surface area contributed by atoms with E-state index in [0.29, 0.717) is 41.4 Å². The van der Waals surface area contributed by atoms with E-state index in [9.17, 15) is 13.2 Å². The number of nitrogens with zero attached hydrogens (tertiary/aromatic N) is 2. The lowest BCUT2D eigenvalue weighted by atomic mass is 10.0. The van der Waals surface area contributed by atoms with Gasteiger partial charge in [0.25, 0.3) is 15.9 Å². The standard InChI is InChI=1S/C23H26N2O5S/c1-16-18-13-20(29-2)21(30-3)14-19(18)25(15-17-9-5-4-6-10-17)31(27,28)22(16)23(26)24-11-7-8-12-24/h4-6,9-10,13-14H,7-8,11-12,15H2,1-3H3. The summed E-state index contributed by atoms with van der Waals surface area (Å²) >= 11 is 0. The molecule has 31 heavy (non-hydrogen) atoms. The van der Waals surface area contributed by atoms with Crippen molar-refractivity contribution in [3.8, 4) is 11.5 Å². The largest absolute Gasteiger partial charge is 0.493 e. The summed E-state index contributed by atoms with van der Waals surface area (Å²) in [5.74, 6) is 0.470. The average molecular weight is 443 g/mol. The normalized spacial score (nSPS) is 17.5. The third-order valence-electron chi connectivity index (χ3n) is 5.82. The van der Waals surface area contributed by atoms with Crippen LogP contribution in [-0.4, -0.2) is 46.5 Å². The molecule has 0 aromatic heterocycles. The molecule has 2 aromatic rings. The molecule has 0 N–H and O–H groups in total.